The molecule has 0 aliphatic carbocycles. The summed E-state index contributed by atoms with van der Waals surface area (Å²) in [6.45, 7) is 2.29. The number of aliphatic imine (C=N–C) groups is 1. The lowest BCUT2D eigenvalue weighted by Crippen LogP contribution is -2.44. The summed E-state index contributed by atoms with van der Waals surface area (Å²) in [5.41, 5.74) is 6.57. The number of carbonyl (C=O) groups is 2. The third-order valence-corrected chi connectivity index (χ3v) is 4.68. The molecule has 1 unspecified atom stereocenters. The highest BCUT2D eigenvalue weighted by atomic mass is 16.3. The fourth-order valence-corrected chi connectivity index (χ4v) is 3.23. The van der Waals surface area contributed by atoms with Gasteiger partial charge in [-0.3, -0.25) is 14.5 Å². The van der Waals surface area contributed by atoms with Gasteiger partial charge in [0, 0.05) is 6.54 Å². The second kappa shape index (κ2) is 8.12. The molecule has 146 valence electrons. The van der Waals surface area contributed by atoms with Crippen molar-refractivity contribution in [1.29, 1.82) is 0 Å². The van der Waals surface area contributed by atoms with Crippen LogP contribution in [0.5, 0.6) is 5.75 Å². The highest BCUT2D eigenvalue weighted by Crippen LogP contribution is 2.27. The minimum Gasteiger partial charge on any atom is -0.508 e. The van der Waals surface area contributed by atoms with Gasteiger partial charge in [-0.05, 0) is 36.6 Å². The molecule has 0 saturated carbocycles. The van der Waals surface area contributed by atoms with Gasteiger partial charge in [-0.1, -0.05) is 42.5 Å². The lowest BCUT2D eigenvalue weighted by Gasteiger charge is -2.22. The van der Waals surface area contributed by atoms with Crippen LogP contribution in [0.25, 0.3) is 0 Å². The van der Waals surface area contributed by atoms with Crippen LogP contribution in [-0.2, 0) is 22.6 Å². The smallest absolute Gasteiger partial charge is 0.257 e. The van der Waals surface area contributed by atoms with Crippen molar-refractivity contribution >= 4 is 17.8 Å². The van der Waals surface area contributed by atoms with Crippen molar-refractivity contribution in [2.75, 3.05) is 6.54 Å². The number of amides is 2. The molecular weight excluding hydrogens is 356 g/mol. The molecule has 1 heterocycles. The van der Waals surface area contributed by atoms with Crippen LogP contribution in [0.15, 0.2) is 59.6 Å². The first-order chi connectivity index (χ1) is 13.4. The standard InChI is InChI=1S/C21H24N4O3/c1-21(13-18(27)23-11-10-15-6-3-2-4-7-15)19(28)25(20(22)24-21)14-16-8-5-9-17(26)12-16/h2-9,12,26H,10-11,13-14H2,1H3,(H2,22,24)(H,23,27). The summed E-state index contributed by atoms with van der Waals surface area (Å²) in [4.78, 5) is 30.8. The Morgan fingerprint density at radius 3 is 2.61 bits per heavy atom. The average molecular weight is 380 g/mol. The number of phenolic OH excluding ortho intramolecular Hbond substituents is 1. The van der Waals surface area contributed by atoms with Gasteiger partial charge in [0.05, 0.1) is 13.0 Å². The Labute approximate surface area is 163 Å². The van der Waals surface area contributed by atoms with Crippen molar-refractivity contribution in [1.82, 2.24) is 10.2 Å². The zero-order valence-corrected chi connectivity index (χ0v) is 15.8. The number of hydrogen-bond acceptors (Lipinski definition) is 5. The SMILES string of the molecule is CC1(CC(=O)NCCc2ccccc2)N=C(N)N(Cc2cccc(O)c2)C1=O. The monoisotopic (exact) mass is 380 g/mol. The molecule has 0 saturated heterocycles. The molecule has 1 aliphatic heterocycles. The first-order valence-corrected chi connectivity index (χ1v) is 9.13. The Balaban J connectivity index is 1.57. The van der Waals surface area contributed by atoms with Crippen LogP contribution < -0.4 is 11.1 Å². The first-order valence-electron chi connectivity index (χ1n) is 9.13. The summed E-state index contributed by atoms with van der Waals surface area (Å²) < 4.78 is 0. The topological polar surface area (TPSA) is 108 Å². The molecule has 0 radical (unpaired) electrons. The summed E-state index contributed by atoms with van der Waals surface area (Å²) in [5, 5.41) is 12.4. The molecule has 2 amide bonds. The quantitative estimate of drug-likeness (QED) is 0.677. The van der Waals surface area contributed by atoms with E-state index in [4.69, 9.17) is 5.73 Å². The highest BCUT2D eigenvalue weighted by Gasteiger charge is 2.45. The predicted octanol–water partition coefficient (Wildman–Crippen LogP) is 1.56. The van der Waals surface area contributed by atoms with Gasteiger partial charge in [0.1, 0.15) is 11.3 Å². The molecule has 4 N–H and O–H groups in total. The number of phenols is 1. The highest BCUT2D eigenvalue weighted by molar-refractivity contribution is 6.08. The number of guanidine groups is 1. The number of benzene rings is 2. The number of nitrogens with zero attached hydrogens (tertiary/aromatic N) is 2. The van der Waals surface area contributed by atoms with Crippen molar-refractivity contribution in [2.24, 2.45) is 10.7 Å². The maximum atomic E-state index is 12.8. The fraction of sp³-hybridized carbons (Fsp3) is 0.286. The summed E-state index contributed by atoms with van der Waals surface area (Å²) in [7, 11) is 0. The maximum absolute atomic E-state index is 12.8. The Kier molecular flexibility index (Phi) is 5.63. The van der Waals surface area contributed by atoms with Crippen molar-refractivity contribution in [3.05, 3.63) is 65.7 Å². The lowest BCUT2D eigenvalue weighted by atomic mass is 9.97. The van der Waals surface area contributed by atoms with Crippen LogP contribution in [0, 0.1) is 0 Å². The molecule has 3 rings (SSSR count). The van der Waals surface area contributed by atoms with E-state index in [9.17, 15) is 14.7 Å². The van der Waals surface area contributed by atoms with Crippen molar-refractivity contribution < 1.29 is 14.7 Å². The van der Waals surface area contributed by atoms with Crippen LogP contribution in [0.2, 0.25) is 0 Å². The third-order valence-electron chi connectivity index (χ3n) is 4.68. The van der Waals surface area contributed by atoms with E-state index in [1.807, 2.05) is 30.3 Å². The second-order valence-corrected chi connectivity index (χ2v) is 7.07. The van der Waals surface area contributed by atoms with Gasteiger partial charge in [0.2, 0.25) is 5.91 Å². The largest absolute Gasteiger partial charge is 0.508 e. The molecule has 2 aromatic rings. The number of hydrogen-bond donors (Lipinski definition) is 3. The molecule has 0 bridgehead atoms. The molecular formula is C21H24N4O3. The third kappa shape index (κ3) is 4.49. The minimum absolute atomic E-state index is 0.0716. The van der Waals surface area contributed by atoms with Crippen molar-refractivity contribution in [3.8, 4) is 5.75 Å². The van der Waals surface area contributed by atoms with E-state index < -0.39 is 5.54 Å². The first kappa shape index (κ1) is 19.4. The van der Waals surface area contributed by atoms with Crippen LogP contribution in [0.1, 0.15) is 24.5 Å². The van der Waals surface area contributed by atoms with Gasteiger partial charge < -0.3 is 16.2 Å². The lowest BCUT2D eigenvalue weighted by molar-refractivity contribution is -0.134. The summed E-state index contributed by atoms with van der Waals surface area (Å²) in [6, 6.07) is 16.4. The van der Waals surface area contributed by atoms with E-state index in [1.165, 1.54) is 4.90 Å². The Bertz CT molecular complexity index is 898. The van der Waals surface area contributed by atoms with Gasteiger partial charge in [-0.2, -0.15) is 0 Å². The molecule has 1 atom stereocenters. The molecule has 0 aromatic heterocycles. The average Bonchev–Trinajstić information content (AvgIpc) is 2.85. The zero-order valence-electron chi connectivity index (χ0n) is 15.8. The number of aromatic hydroxyl groups is 1. The van der Waals surface area contributed by atoms with E-state index >= 15 is 0 Å². The number of rotatable bonds is 7. The van der Waals surface area contributed by atoms with Crippen LogP contribution in [-0.4, -0.2) is 39.9 Å². The van der Waals surface area contributed by atoms with Gasteiger partial charge in [0.15, 0.2) is 5.96 Å². The van der Waals surface area contributed by atoms with E-state index in [0.29, 0.717) is 13.0 Å². The number of carbonyl (C=O) groups excluding carboxylic acids is 2. The molecule has 0 spiro atoms. The van der Waals surface area contributed by atoms with Crippen LogP contribution in [0.3, 0.4) is 0 Å². The Morgan fingerprint density at radius 1 is 1.18 bits per heavy atom. The molecule has 7 nitrogen and oxygen atoms in total. The molecule has 1 aliphatic rings. The predicted molar refractivity (Wildman–Crippen MR) is 106 cm³/mol. The Hall–Kier alpha value is -3.35. The number of nitrogens with one attached hydrogen (secondary N) is 1. The van der Waals surface area contributed by atoms with E-state index in [-0.39, 0.29) is 36.5 Å². The van der Waals surface area contributed by atoms with E-state index in [2.05, 4.69) is 10.3 Å². The molecule has 2 aromatic carbocycles. The summed E-state index contributed by atoms with van der Waals surface area (Å²) in [6.07, 6.45) is 0.643. The van der Waals surface area contributed by atoms with Crippen molar-refractivity contribution in [3.63, 3.8) is 0 Å². The van der Waals surface area contributed by atoms with Gasteiger partial charge >= 0.3 is 0 Å². The summed E-state index contributed by atoms with van der Waals surface area (Å²) in [5.74, 6) is -0.387. The second-order valence-electron chi connectivity index (χ2n) is 7.07. The number of nitrogens with two attached hydrogens (primary N) is 1. The molecule has 28 heavy (non-hydrogen) atoms. The zero-order chi connectivity index (χ0) is 20.1. The molecule has 0 fully saturated rings. The van der Waals surface area contributed by atoms with Crippen LogP contribution >= 0.6 is 0 Å². The Morgan fingerprint density at radius 2 is 1.89 bits per heavy atom. The van der Waals surface area contributed by atoms with E-state index in [1.54, 1.807) is 31.2 Å². The van der Waals surface area contributed by atoms with Crippen molar-refractivity contribution in [2.45, 2.75) is 31.8 Å². The van der Waals surface area contributed by atoms with Gasteiger partial charge in [0.25, 0.3) is 5.91 Å². The van der Waals surface area contributed by atoms with Gasteiger partial charge in [-0.25, -0.2) is 4.99 Å². The normalized spacial score (nSPS) is 18.8. The van der Waals surface area contributed by atoms with Gasteiger partial charge in [-0.15, -0.1) is 0 Å². The maximum Gasteiger partial charge on any atom is 0.257 e. The van der Waals surface area contributed by atoms with Crippen LogP contribution in [0.4, 0.5) is 0 Å². The molecule has 7 heteroatoms. The summed E-state index contributed by atoms with van der Waals surface area (Å²) >= 11 is 0. The van der Waals surface area contributed by atoms with E-state index in [0.717, 1.165) is 11.1 Å². The fourth-order valence-electron chi connectivity index (χ4n) is 3.23. The minimum atomic E-state index is -1.22.